The lowest BCUT2D eigenvalue weighted by molar-refractivity contribution is 0.0332. The Hall–Kier alpha value is 0.220. The summed E-state index contributed by atoms with van der Waals surface area (Å²) in [6, 6.07) is 0. The van der Waals surface area contributed by atoms with Gasteiger partial charge in [0.05, 0.1) is 24.4 Å². The van der Waals surface area contributed by atoms with Gasteiger partial charge in [-0.05, 0) is 55.4 Å². The fourth-order valence-electron chi connectivity index (χ4n) is 1.80. The van der Waals surface area contributed by atoms with Gasteiger partial charge < -0.3 is 28.3 Å². The first kappa shape index (κ1) is 24.2. The largest absolute Gasteiger partial charge is 0.378 e. The molecule has 0 aliphatic carbocycles. The molecular weight excluding hydrogens is 358 g/mol. The van der Waals surface area contributed by atoms with Crippen LogP contribution in [-0.4, -0.2) is 46.3 Å². The van der Waals surface area contributed by atoms with Crippen LogP contribution in [-0.2, 0) is 27.2 Å². The summed E-state index contributed by atoms with van der Waals surface area (Å²) in [4.78, 5) is 0. The van der Waals surface area contributed by atoms with Crippen molar-refractivity contribution < 1.29 is 37.4 Å². The first-order valence-corrected chi connectivity index (χ1v) is 11.2. The van der Waals surface area contributed by atoms with E-state index in [1.165, 1.54) is 0 Å². The second kappa shape index (κ2) is 9.79. The summed E-state index contributed by atoms with van der Waals surface area (Å²) >= 11 is 0. The van der Waals surface area contributed by atoms with Crippen molar-refractivity contribution in [3.05, 3.63) is 0 Å². The highest BCUT2D eigenvalue weighted by molar-refractivity contribution is 7.59. The molecule has 2 N–H and O–H groups in total. The Labute approximate surface area is 144 Å². The molecule has 0 saturated heterocycles. The fraction of sp³-hybridized carbons (Fsp3) is 1.00. The van der Waals surface area contributed by atoms with E-state index in [1.54, 1.807) is 55.4 Å². The van der Waals surface area contributed by atoms with E-state index in [4.69, 9.17) is 18.1 Å². The first-order chi connectivity index (χ1) is 10.7. The maximum Gasteiger partial charge on any atom is 0.362 e. The number of rotatable bonds is 11. The van der Waals surface area contributed by atoms with Crippen molar-refractivity contribution in [3.8, 4) is 0 Å². The van der Waals surface area contributed by atoms with Crippen molar-refractivity contribution in [1.82, 2.24) is 0 Å². The maximum atomic E-state index is 12.9. The summed E-state index contributed by atoms with van der Waals surface area (Å²) in [6.07, 6.45) is -2.19. The van der Waals surface area contributed by atoms with Crippen LogP contribution >= 0.6 is 15.2 Å². The van der Waals surface area contributed by atoms with Crippen LogP contribution in [0.25, 0.3) is 0 Å². The highest BCUT2D eigenvalue weighted by Gasteiger charge is 2.51. The van der Waals surface area contributed by atoms with Crippen LogP contribution in [0.4, 0.5) is 0 Å². The molecule has 0 amide bonds. The van der Waals surface area contributed by atoms with Gasteiger partial charge in [0, 0.05) is 0 Å². The quantitative estimate of drug-likeness (QED) is 0.514. The minimum absolute atomic E-state index is 0.548. The molecule has 0 saturated carbocycles. The molecule has 0 aromatic carbocycles. The summed E-state index contributed by atoms with van der Waals surface area (Å²) in [6.45, 7) is 12.8. The van der Waals surface area contributed by atoms with E-state index in [1.807, 2.05) is 0 Å². The summed E-state index contributed by atoms with van der Waals surface area (Å²) in [5.41, 5.74) is 0. The molecule has 0 aromatic rings. The first-order valence-electron chi connectivity index (χ1n) is 8.02. The van der Waals surface area contributed by atoms with Crippen LogP contribution in [0.1, 0.15) is 55.4 Å². The minimum atomic E-state index is -4.19. The van der Waals surface area contributed by atoms with Gasteiger partial charge in [-0.25, -0.2) is 0 Å². The van der Waals surface area contributed by atoms with Gasteiger partial charge in [-0.15, -0.1) is 0 Å². The van der Waals surface area contributed by atoms with Crippen LogP contribution in [0.15, 0.2) is 0 Å². The van der Waals surface area contributed by atoms with E-state index >= 15 is 0 Å². The Morgan fingerprint density at radius 3 is 0.833 bits per heavy atom. The van der Waals surface area contributed by atoms with Gasteiger partial charge >= 0.3 is 15.2 Å². The average molecular weight is 390 g/mol. The van der Waals surface area contributed by atoms with Crippen molar-refractivity contribution in [1.29, 1.82) is 0 Å². The number of aliphatic hydroxyl groups is 2. The lowest BCUT2D eigenvalue weighted by atomic mass is 10.5. The Morgan fingerprint density at radius 2 is 0.708 bits per heavy atom. The molecule has 0 bridgehead atoms. The van der Waals surface area contributed by atoms with Gasteiger partial charge in [0.25, 0.3) is 0 Å². The standard InChI is InChI=1S/C14H32O8P2/c1-9(2)19-23(17,20-10(3)4)13(15)14(16)24(18,21-11(5)6)22-12(7)8/h9-16H,1-8H3. The number of aliphatic hydroxyl groups excluding tert-OH is 2. The zero-order valence-electron chi connectivity index (χ0n) is 15.7. The fourth-order valence-corrected chi connectivity index (χ4v) is 6.38. The molecule has 0 aliphatic rings. The van der Waals surface area contributed by atoms with Crippen molar-refractivity contribution in [2.45, 2.75) is 91.5 Å². The lowest BCUT2D eigenvalue weighted by Gasteiger charge is -2.33. The van der Waals surface area contributed by atoms with Gasteiger partial charge in [-0.2, -0.15) is 0 Å². The second-order valence-corrected chi connectivity index (χ2v) is 10.6. The van der Waals surface area contributed by atoms with Crippen LogP contribution in [0.5, 0.6) is 0 Å². The third-order valence-corrected chi connectivity index (χ3v) is 7.30. The molecule has 10 heteroatoms. The zero-order chi connectivity index (χ0) is 19.3. The molecule has 8 nitrogen and oxygen atoms in total. The van der Waals surface area contributed by atoms with E-state index in [-0.39, 0.29) is 0 Å². The predicted molar refractivity (Wildman–Crippen MR) is 92.1 cm³/mol. The summed E-state index contributed by atoms with van der Waals surface area (Å²) in [5, 5.41) is 20.8. The van der Waals surface area contributed by atoms with Gasteiger partial charge in [-0.3, -0.25) is 9.13 Å². The topological polar surface area (TPSA) is 112 Å². The van der Waals surface area contributed by atoms with Crippen LogP contribution < -0.4 is 0 Å². The average Bonchev–Trinajstić information content (AvgIpc) is 2.32. The highest BCUT2D eigenvalue weighted by atomic mass is 31.2. The van der Waals surface area contributed by atoms with Crippen molar-refractivity contribution in [2.75, 3.05) is 0 Å². The molecule has 0 spiro atoms. The maximum absolute atomic E-state index is 12.9. The SMILES string of the molecule is CC(C)OP(=O)(OC(C)C)C(O)C(O)P(=O)(OC(C)C)OC(C)C. The summed E-state index contributed by atoms with van der Waals surface area (Å²) in [5.74, 6) is -4.16. The van der Waals surface area contributed by atoms with Gasteiger partial charge in [0.1, 0.15) is 0 Å². The van der Waals surface area contributed by atoms with Crippen molar-refractivity contribution in [2.24, 2.45) is 0 Å². The van der Waals surface area contributed by atoms with Gasteiger partial charge in [-0.1, -0.05) is 0 Å². The van der Waals surface area contributed by atoms with Gasteiger partial charge in [0.15, 0.2) is 11.7 Å². The molecule has 0 fully saturated rings. The predicted octanol–water partition coefficient (Wildman–Crippen LogP) is 3.71. The molecule has 2 atom stereocenters. The lowest BCUT2D eigenvalue weighted by Crippen LogP contribution is -2.32. The van der Waals surface area contributed by atoms with E-state index in [2.05, 4.69) is 0 Å². The van der Waals surface area contributed by atoms with E-state index in [0.29, 0.717) is 0 Å². The number of hydrogen-bond donors (Lipinski definition) is 2. The summed E-state index contributed by atoms with van der Waals surface area (Å²) < 4.78 is 46.7. The van der Waals surface area contributed by atoms with E-state index in [9.17, 15) is 19.3 Å². The Kier molecular flexibility index (Phi) is 9.88. The third-order valence-electron chi connectivity index (χ3n) is 2.35. The van der Waals surface area contributed by atoms with E-state index < -0.39 is 51.3 Å². The van der Waals surface area contributed by atoms with E-state index in [0.717, 1.165) is 0 Å². The zero-order valence-corrected chi connectivity index (χ0v) is 17.5. The normalized spacial score (nSPS) is 16.4. The Bertz CT molecular complexity index is 394. The van der Waals surface area contributed by atoms with Crippen LogP contribution in [0.3, 0.4) is 0 Å². The molecule has 2 unspecified atom stereocenters. The monoisotopic (exact) mass is 390 g/mol. The van der Waals surface area contributed by atoms with Gasteiger partial charge in [0.2, 0.25) is 0 Å². The Morgan fingerprint density at radius 1 is 0.542 bits per heavy atom. The minimum Gasteiger partial charge on any atom is -0.378 e. The molecule has 146 valence electrons. The second-order valence-electron chi connectivity index (χ2n) is 6.52. The molecular formula is C14H32O8P2. The smallest absolute Gasteiger partial charge is 0.362 e. The molecule has 24 heavy (non-hydrogen) atoms. The molecule has 0 heterocycles. The molecule has 0 aromatic heterocycles. The van der Waals surface area contributed by atoms with Crippen molar-refractivity contribution in [3.63, 3.8) is 0 Å². The van der Waals surface area contributed by atoms with Crippen LogP contribution in [0.2, 0.25) is 0 Å². The molecule has 0 radical (unpaired) electrons. The van der Waals surface area contributed by atoms with Crippen LogP contribution in [0, 0.1) is 0 Å². The molecule has 0 rings (SSSR count). The van der Waals surface area contributed by atoms with Crippen molar-refractivity contribution >= 4 is 15.2 Å². The highest BCUT2D eigenvalue weighted by Crippen LogP contribution is 2.64. The Balaban J connectivity index is 5.67. The summed E-state index contributed by atoms with van der Waals surface area (Å²) in [7, 11) is -8.38. The number of hydrogen-bond acceptors (Lipinski definition) is 8. The molecule has 0 aliphatic heterocycles. The third kappa shape index (κ3) is 7.63.